The van der Waals surface area contributed by atoms with Crippen molar-refractivity contribution in [1.82, 2.24) is 14.4 Å². The van der Waals surface area contributed by atoms with Crippen LogP contribution in [0.5, 0.6) is 0 Å². The quantitative estimate of drug-likeness (QED) is 0.847. The lowest BCUT2D eigenvalue weighted by Gasteiger charge is -2.47. The Kier molecular flexibility index (Phi) is 4.13. The second-order valence-electron chi connectivity index (χ2n) is 8.44. The van der Waals surface area contributed by atoms with Crippen LogP contribution in [0.2, 0.25) is 0 Å². The number of aryl methyl sites for hydroxylation is 1. The number of nitrogens with zero attached hydrogens (tertiary/aromatic N) is 3. The first-order valence-corrected chi connectivity index (χ1v) is 9.66. The monoisotopic (exact) mass is 343 g/mol. The van der Waals surface area contributed by atoms with E-state index >= 15 is 0 Å². The molecule has 4 rings (SSSR count). The zero-order valence-electron chi connectivity index (χ0n) is 15.5. The van der Waals surface area contributed by atoms with Gasteiger partial charge in [0.2, 0.25) is 5.91 Å². The van der Waals surface area contributed by atoms with Crippen LogP contribution in [-0.4, -0.2) is 52.4 Å². The van der Waals surface area contributed by atoms with Crippen LogP contribution < -0.4 is 0 Å². The molecule has 0 N–H and O–H groups in total. The van der Waals surface area contributed by atoms with Crippen LogP contribution in [0.4, 0.5) is 0 Å². The van der Waals surface area contributed by atoms with Gasteiger partial charge in [-0.15, -0.1) is 0 Å². The predicted molar refractivity (Wildman–Crippen MR) is 96.3 cm³/mol. The number of hydrogen-bond donors (Lipinski definition) is 0. The third kappa shape index (κ3) is 3.21. The number of amides is 2. The lowest BCUT2D eigenvalue weighted by atomic mass is 9.72. The predicted octanol–water partition coefficient (Wildman–Crippen LogP) is 2.59. The van der Waals surface area contributed by atoms with E-state index in [1.54, 1.807) is 0 Å². The van der Waals surface area contributed by atoms with Gasteiger partial charge < -0.3 is 14.4 Å². The average molecular weight is 343 g/mol. The van der Waals surface area contributed by atoms with Gasteiger partial charge >= 0.3 is 0 Å². The Bertz CT molecular complexity index is 681. The lowest BCUT2D eigenvalue weighted by Crippen LogP contribution is -2.52. The summed E-state index contributed by atoms with van der Waals surface area (Å²) in [5, 5.41) is 0. The molecule has 136 valence electrons. The first-order valence-electron chi connectivity index (χ1n) is 9.66. The summed E-state index contributed by atoms with van der Waals surface area (Å²) in [7, 11) is 1.98. The second kappa shape index (κ2) is 6.19. The largest absolute Gasteiger partial charge is 0.354 e. The highest BCUT2D eigenvalue weighted by atomic mass is 16.2. The van der Waals surface area contributed by atoms with Crippen molar-refractivity contribution in [3.8, 4) is 0 Å². The zero-order chi connectivity index (χ0) is 17.6. The van der Waals surface area contributed by atoms with Crippen LogP contribution in [0.1, 0.15) is 54.6 Å². The molecule has 0 bridgehead atoms. The highest BCUT2D eigenvalue weighted by molar-refractivity contribution is 5.95. The molecular weight excluding hydrogens is 314 g/mol. The van der Waals surface area contributed by atoms with E-state index in [2.05, 4.69) is 4.90 Å². The number of carbonyl (C=O) groups excluding carboxylic acids is 2. The highest BCUT2D eigenvalue weighted by Gasteiger charge is 2.43. The molecule has 0 radical (unpaired) electrons. The molecule has 2 amide bonds. The topological polar surface area (TPSA) is 45.6 Å². The highest BCUT2D eigenvalue weighted by Crippen LogP contribution is 2.42. The van der Waals surface area contributed by atoms with E-state index in [1.807, 2.05) is 35.7 Å². The fourth-order valence-electron chi connectivity index (χ4n) is 4.48. The van der Waals surface area contributed by atoms with Crippen LogP contribution in [-0.2, 0) is 11.8 Å². The van der Waals surface area contributed by atoms with Crippen LogP contribution in [0.15, 0.2) is 12.3 Å². The van der Waals surface area contributed by atoms with E-state index in [9.17, 15) is 9.59 Å². The van der Waals surface area contributed by atoms with E-state index < -0.39 is 0 Å². The Morgan fingerprint density at radius 1 is 1.24 bits per heavy atom. The Morgan fingerprint density at radius 3 is 2.56 bits per heavy atom. The van der Waals surface area contributed by atoms with Crippen molar-refractivity contribution >= 4 is 11.8 Å². The maximum Gasteiger partial charge on any atom is 0.255 e. The summed E-state index contributed by atoms with van der Waals surface area (Å²) in [5.41, 5.74) is 2.10. The molecule has 1 aliphatic carbocycles. The molecule has 0 atom stereocenters. The van der Waals surface area contributed by atoms with E-state index in [0.29, 0.717) is 12.3 Å². The van der Waals surface area contributed by atoms with Gasteiger partial charge in [-0.1, -0.05) is 0 Å². The number of carbonyl (C=O) groups is 2. The van der Waals surface area contributed by atoms with E-state index in [0.717, 1.165) is 62.6 Å². The van der Waals surface area contributed by atoms with Gasteiger partial charge in [-0.3, -0.25) is 9.59 Å². The maximum atomic E-state index is 12.8. The molecular formula is C20H29N3O2. The molecule has 3 heterocycles. The van der Waals surface area contributed by atoms with Crippen LogP contribution in [0, 0.1) is 18.3 Å². The molecule has 5 heteroatoms. The van der Waals surface area contributed by atoms with Crippen LogP contribution >= 0.6 is 0 Å². The molecule has 3 fully saturated rings. The lowest BCUT2D eigenvalue weighted by molar-refractivity contribution is -0.139. The first-order chi connectivity index (χ1) is 12.0. The fraction of sp³-hybridized carbons (Fsp3) is 0.700. The Labute approximate surface area is 150 Å². The van der Waals surface area contributed by atoms with Crippen molar-refractivity contribution in [1.29, 1.82) is 0 Å². The zero-order valence-corrected chi connectivity index (χ0v) is 15.5. The van der Waals surface area contributed by atoms with Gasteiger partial charge in [0.15, 0.2) is 0 Å². The van der Waals surface area contributed by atoms with Gasteiger partial charge in [0.05, 0.1) is 5.56 Å². The first kappa shape index (κ1) is 16.7. The van der Waals surface area contributed by atoms with Crippen molar-refractivity contribution in [2.45, 2.75) is 45.4 Å². The van der Waals surface area contributed by atoms with Crippen molar-refractivity contribution in [2.24, 2.45) is 18.4 Å². The summed E-state index contributed by atoms with van der Waals surface area (Å²) in [6, 6.07) is 1.93. The fourth-order valence-corrected chi connectivity index (χ4v) is 4.48. The minimum absolute atomic E-state index is 0.162. The van der Waals surface area contributed by atoms with Crippen molar-refractivity contribution in [3.05, 3.63) is 23.5 Å². The van der Waals surface area contributed by atoms with Crippen LogP contribution in [0.3, 0.4) is 0 Å². The van der Waals surface area contributed by atoms with Gasteiger partial charge in [-0.2, -0.15) is 0 Å². The maximum absolute atomic E-state index is 12.8. The number of aromatic nitrogens is 1. The molecule has 2 aliphatic heterocycles. The Morgan fingerprint density at radius 2 is 1.96 bits per heavy atom. The van der Waals surface area contributed by atoms with Gasteiger partial charge in [0.1, 0.15) is 0 Å². The molecule has 5 nitrogen and oxygen atoms in total. The number of rotatable bonds is 3. The van der Waals surface area contributed by atoms with Crippen LogP contribution in [0.25, 0.3) is 0 Å². The Balaban J connectivity index is 1.39. The minimum Gasteiger partial charge on any atom is -0.354 e. The SMILES string of the molecule is Cc1c(C(=O)N2CCC3(CCC(=O)N(CC4CC4)C3)CC2)ccn1C. The normalized spacial score (nSPS) is 23.4. The third-order valence-corrected chi connectivity index (χ3v) is 6.65. The molecule has 0 aromatic carbocycles. The van der Waals surface area contributed by atoms with Gasteiger partial charge in [0.25, 0.3) is 5.91 Å². The van der Waals surface area contributed by atoms with Gasteiger partial charge in [-0.25, -0.2) is 0 Å². The molecule has 1 aromatic heterocycles. The van der Waals surface area contributed by atoms with E-state index in [4.69, 9.17) is 0 Å². The molecule has 1 spiro atoms. The molecule has 1 saturated carbocycles. The molecule has 0 unspecified atom stereocenters. The standard InChI is InChI=1S/C20H29N3O2/c1-15-17(6-10-21(15)2)19(25)22-11-8-20(9-12-22)7-5-18(24)23(14-20)13-16-3-4-16/h6,10,16H,3-5,7-9,11-14H2,1-2H3. The molecule has 25 heavy (non-hydrogen) atoms. The summed E-state index contributed by atoms with van der Waals surface area (Å²) in [6.07, 6.45) is 8.28. The van der Waals surface area contributed by atoms with E-state index in [1.165, 1.54) is 12.8 Å². The number of likely N-dealkylation sites (tertiary alicyclic amines) is 2. The summed E-state index contributed by atoms with van der Waals surface area (Å²) >= 11 is 0. The smallest absolute Gasteiger partial charge is 0.255 e. The second-order valence-corrected chi connectivity index (χ2v) is 8.44. The Hall–Kier alpha value is -1.78. The third-order valence-electron chi connectivity index (χ3n) is 6.65. The van der Waals surface area contributed by atoms with Gasteiger partial charge in [0, 0.05) is 51.5 Å². The van der Waals surface area contributed by atoms with E-state index in [-0.39, 0.29) is 11.3 Å². The summed E-state index contributed by atoms with van der Waals surface area (Å²) in [4.78, 5) is 29.2. The molecule has 3 aliphatic rings. The minimum atomic E-state index is 0.162. The summed E-state index contributed by atoms with van der Waals surface area (Å²) in [5.74, 6) is 1.26. The molecule has 1 aromatic rings. The molecule has 2 saturated heterocycles. The number of hydrogen-bond acceptors (Lipinski definition) is 2. The summed E-state index contributed by atoms with van der Waals surface area (Å²) < 4.78 is 2.00. The average Bonchev–Trinajstić information content (AvgIpc) is 3.36. The summed E-state index contributed by atoms with van der Waals surface area (Å²) in [6.45, 7) is 5.51. The van der Waals surface area contributed by atoms with Crippen molar-refractivity contribution in [2.75, 3.05) is 26.2 Å². The van der Waals surface area contributed by atoms with Crippen molar-refractivity contribution < 1.29 is 9.59 Å². The van der Waals surface area contributed by atoms with Crippen molar-refractivity contribution in [3.63, 3.8) is 0 Å². The number of piperidine rings is 2. The van der Waals surface area contributed by atoms with Gasteiger partial charge in [-0.05, 0) is 56.4 Å².